The summed E-state index contributed by atoms with van der Waals surface area (Å²) >= 11 is 0. The molecule has 2 atom stereocenters. The summed E-state index contributed by atoms with van der Waals surface area (Å²) < 4.78 is 21.5. The van der Waals surface area contributed by atoms with E-state index in [1.165, 1.54) is 24.3 Å². The van der Waals surface area contributed by atoms with E-state index in [0.717, 1.165) is 10.2 Å². The zero-order valence-corrected chi connectivity index (χ0v) is 20.2. The van der Waals surface area contributed by atoms with Crippen LogP contribution in [0.15, 0.2) is 54.6 Å². The number of aliphatic carboxylic acids is 1. The Bertz CT molecular complexity index is 1190. The summed E-state index contributed by atoms with van der Waals surface area (Å²) in [5, 5.41) is 26.9. The van der Waals surface area contributed by atoms with Gasteiger partial charge >= 0.3 is 5.97 Å². The van der Waals surface area contributed by atoms with Gasteiger partial charge < -0.3 is 20.3 Å². The number of carbonyl (C=O) groups excluding carboxylic acids is 1. The summed E-state index contributed by atoms with van der Waals surface area (Å²) in [4.78, 5) is 24.5. The van der Waals surface area contributed by atoms with Gasteiger partial charge in [-0.25, -0.2) is 4.39 Å². The number of para-hydroxylation sites is 1. The van der Waals surface area contributed by atoms with E-state index in [2.05, 4.69) is 10.4 Å². The fourth-order valence-corrected chi connectivity index (χ4v) is 3.22. The molecule has 0 aliphatic heterocycles. The molecule has 9 heteroatoms. The van der Waals surface area contributed by atoms with E-state index in [1.54, 1.807) is 25.1 Å². The van der Waals surface area contributed by atoms with Crippen molar-refractivity contribution in [3.63, 3.8) is 0 Å². The number of benzene rings is 2. The lowest BCUT2D eigenvalue weighted by Crippen LogP contribution is -2.38. The molecule has 1 heterocycles. The number of halogens is 1. The third-order valence-corrected chi connectivity index (χ3v) is 5.91. The highest BCUT2D eigenvalue weighted by Crippen LogP contribution is 2.25. The Morgan fingerprint density at radius 2 is 1.83 bits per heavy atom. The van der Waals surface area contributed by atoms with Gasteiger partial charge in [-0.05, 0) is 37.5 Å². The van der Waals surface area contributed by atoms with Crippen LogP contribution in [0.1, 0.15) is 54.8 Å². The predicted molar refractivity (Wildman–Crippen MR) is 128 cm³/mol. The zero-order chi connectivity index (χ0) is 25.8. The average Bonchev–Trinajstić information content (AvgIpc) is 3.22. The highest BCUT2D eigenvalue weighted by atomic mass is 19.1. The van der Waals surface area contributed by atoms with Gasteiger partial charge in [0.2, 0.25) is 5.88 Å². The first kappa shape index (κ1) is 25.9. The fraction of sp³-hybridized carbons (Fsp3) is 0.346. The standard InChI is InChI=1S/C26H30FN3O5/c1-16(2)26(4,34)15-35-23-13-21(29-30(23)22-8-6-5-7-19(22)27)25(33)28-20(14-24(31)32)18-11-9-17(3)10-12-18/h5-13,16,20,34H,14-15H2,1-4H3,(H,28,33)(H,31,32)/t20-,26?/m0/s1. The minimum atomic E-state index is -1.18. The van der Waals surface area contributed by atoms with Crippen LogP contribution in [0.25, 0.3) is 5.69 Å². The quantitative estimate of drug-likeness (QED) is 0.401. The molecule has 1 amide bonds. The molecule has 0 fully saturated rings. The van der Waals surface area contributed by atoms with Crippen molar-refractivity contribution in [1.82, 2.24) is 15.1 Å². The molecule has 186 valence electrons. The highest BCUT2D eigenvalue weighted by Gasteiger charge is 2.28. The molecule has 35 heavy (non-hydrogen) atoms. The molecule has 1 unspecified atom stereocenters. The number of rotatable bonds is 10. The van der Waals surface area contributed by atoms with Gasteiger partial charge in [0.05, 0.1) is 18.1 Å². The molecule has 0 spiro atoms. The van der Waals surface area contributed by atoms with Crippen molar-refractivity contribution < 1.29 is 28.9 Å². The first-order valence-electron chi connectivity index (χ1n) is 11.3. The lowest BCUT2D eigenvalue weighted by molar-refractivity contribution is -0.137. The number of carbonyl (C=O) groups is 2. The molecule has 0 saturated heterocycles. The smallest absolute Gasteiger partial charge is 0.305 e. The Balaban J connectivity index is 1.94. The van der Waals surface area contributed by atoms with Gasteiger partial charge in [-0.2, -0.15) is 9.78 Å². The number of carboxylic acid groups (broad SMARTS) is 1. The van der Waals surface area contributed by atoms with Crippen LogP contribution in [-0.4, -0.2) is 44.1 Å². The van der Waals surface area contributed by atoms with Gasteiger partial charge in [-0.3, -0.25) is 9.59 Å². The molecular weight excluding hydrogens is 453 g/mol. The van der Waals surface area contributed by atoms with Crippen LogP contribution in [0.4, 0.5) is 4.39 Å². The number of carboxylic acids is 1. The van der Waals surface area contributed by atoms with E-state index in [0.29, 0.717) is 5.56 Å². The number of aryl methyl sites for hydroxylation is 1. The molecule has 8 nitrogen and oxygen atoms in total. The Labute approximate surface area is 203 Å². The average molecular weight is 484 g/mol. The Morgan fingerprint density at radius 1 is 1.17 bits per heavy atom. The minimum absolute atomic E-state index is 0.0614. The minimum Gasteiger partial charge on any atom is -0.481 e. The van der Waals surface area contributed by atoms with E-state index in [4.69, 9.17) is 4.74 Å². The van der Waals surface area contributed by atoms with Crippen LogP contribution < -0.4 is 10.1 Å². The van der Waals surface area contributed by atoms with Crippen molar-refractivity contribution in [2.75, 3.05) is 6.61 Å². The second kappa shape index (κ2) is 10.7. The number of aliphatic hydroxyl groups is 1. The van der Waals surface area contributed by atoms with Crippen molar-refractivity contribution in [1.29, 1.82) is 0 Å². The van der Waals surface area contributed by atoms with Gasteiger partial charge in [0.15, 0.2) is 5.69 Å². The van der Waals surface area contributed by atoms with Crippen molar-refractivity contribution in [3.05, 3.63) is 77.2 Å². The highest BCUT2D eigenvalue weighted by molar-refractivity contribution is 5.93. The van der Waals surface area contributed by atoms with E-state index in [9.17, 15) is 24.2 Å². The van der Waals surface area contributed by atoms with Crippen molar-refractivity contribution in [3.8, 4) is 11.6 Å². The van der Waals surface area contributed by atoms with Gasteiger partial charge in [0.1, 0.15) is 18.1 Å². The first-order valence-corrected chi connectivity index (χ1v) is 11.3. The molecule has 0 aliphatic rings. The summed E-state index contributed by atoms with van der Waals surface area (Å²) in [6, 6.07) is 13.6. The van der Waals surface area contributed by atoms with Crippen LogP contribution >= 0.6 is 0 Å². The lowest BCUT2D eigenvalue weighted by Gasteiger charge is -2.27. The topological polar surface area (TPSA) is 114 Å². The van der Waals surface area contributed by atoms with Gasteiger partial charge in [-0.15, -0.1) is 0 Å². The van der Waals surface area contributed by atoms with E-state index in [-0.39, 0.29) is 36.2 Å². The number of hydrogen-bond acceptors (Lipinski definition) is 5. The third-order valence-electron chi connectivity index (χ3n) is 5.91. The van der Waals surface area contributed by atoms with Crippen LogP contribution in [0.2, 0.25) is 0 Å². The number of hydrogen-bond donors (Lipinski definition) is 3. The van der Waals surface area contributed by atoms with Crippen LogP contribution in [0.3, 0.4) is 0 Å². The van der Waals surface area contributed by atoms with E-state index < -0.39 is 29.3 Å². The molecule has 0 bridgehead atoms. The van der Waals surface area contributed by atoms with Gasteiger partial charge in [0, 0.05) is 6.07 Å². The molecule has 3 aromatic rings. The van der Waals surface area contributed by atoms with Crippen LogP contribution in [-0.2, 0) is 4.79 Å². The summed E-state index contributed by atoms with van der Waals surface area (Å²) in [5.41, 5.74) is 0.424. The molecule has 3 rings (SSSR count). The molecule has 0 radical (unpaired) electrons. The number of nitrogens with zero attached hydrogens (tertiary/aromatic N) is 2. The number of aromatic nitrogens is 2. The predicted octanol–water partition coefficient (Wildman–Crippen LogP) is 4.05. The summed E-state index contributed by atoms with van der Waals surface area (Å²) in [6.07, 6.45) is -0.330. The second-order valence-electron chi connectivity index (χ2n) is 9.07. The molecule has 0 aliphatic carbocycles. The normalized spacial score (nSPS) is 13.8. The monoisotopic (exact) mass is 483 g/mol. The molecular formula is C26H30FN3O5. The van der Waals surface area contributed by atoms with Gasteiger partial charge in [-0.1, -0.05) is 55.8 Å². The summed E-state index contributed by atoms with van der Waals surface area (Å²) in [5.74, 6) is -2.36. The SMILES string of the molecule is Cc1ccc([C@H](CC(=O)O)NC(=O)c2cc(OCC(C)(O)C(C)C)n(-c3ccccc3F)n2)cc1. The molecule has 3 N–H and O–H groups in total. The molecule has 0 saturated carbocycles. The number of amides is 1. The number of nitrogens with one attached hydrogen (secondary N) is 1. The molecule has 2 aromatic carbocycles. The molecule has 1 aromatic heterocycles. The maximum atomic E-state index is 14.5. The Hall–Kier alpha value is -3.72. The second-order valence-corrected chi connectivity index (χ2v) is 9.07. The fourth-order valence-electron chi connectivity index (χ4n) is 3.22. The summed E-state index contributed by atoms with van der Waals surface area (Å²) in [6.45, 7) is 7.08. The maximum absolute atomic E-state index is 14.5. The van der Waals surface area contributed by atoms with E-state index in [1.807, 2.05) is 32.9 Å². The number of ether oxygens (including phenoxy) is 1. The zero-order valence-electron chi connectivity index (χ0n) is 20.2. The Kier molecular flexibility index (Phi) is 7.91. The van der Waals surface area contributed by atoms with Crippen LogP contribution in [0, 0.1) is 18.7 Å². The third kappa shape index (κ3) is 6.45. The Morgan fingerprint density at radius 3 is 2.43 bits per heavy atom. The van der Waals surface area contributed by atoms with E-state index >= 15 is 0 Å². The largest absolute Gasteiger partial charge is 0.481 e. The van der Waals surface area contributed by atoms with Gasteiger partial charge in [0.25, 0.3) is 5.91 Å². The lowest BCUT2D eigenvalue weighted by atomic mass is 9.94. The van der Waals surface area contributed by atoms with Crippen molar-refractivity contribution in [2.45, 2.75) is 45.8 Å². The van der Waals surface area contributed by atoms with Crippen molar-refractivity contribution in [2.24, 2.45) is 5.92 Å². The first-order chi connectivity index (χ1) is 16.5. The maximum Gasteiger partial charge on any atom is 0.305 e. The van der Waals surface area contributed by atoms with Crippen LogP contribution in [0.5, 0.6) is 5.88 Å². The summed E-state index contributed by atoms with van der Waals surface area (Å²) in [7, 11) is 0. The van der Waals surface area contributed by atoms with Crippen molar-refractivity contribution >= 4 is 11.9 Å².